The fourth-order valence-corrected chi connectivity index (χ4v) is 3.63. The van der Waals surface area contributed by atoms with E-state index >= 15 is 0 Å². The predicted molar refractivity (Wildman–Crippen MR) is 96.0 cm³/mol. The molecule has 0 N–H and O–H groups in total. The van der Waals surface area contributed by atoms with E-state index in [2.05, 4.69) is 19.9 Å². The fourth-order valence-electron chi connectivity index (χ4n) is 2.30. The Morgan fingerprint density at radius 2 is 1.68 bits per heavy atom. The topological polar surface area (TPSA) is 34.1 Å². The first-order valence-corrected chi connectivity index (χ1v) is 8.29. The zero-order valence-corrected chi connectivity index (χ0v) is 13.9. The van der Waals surface area contributed by atoms with E-state index in [0.717, 1.165) is 26.5 Å². The zero-order valence-electron chi connectivity index (χ0n) is 13.1. The summed E-state index contributed by atoms with van der Waals surface area (Å²) in [5.41, 5.74) is 1.42. The molecule has 0 saturated heterocycles. The number of rotatable bonds is 2. The van der Waals surface area contributed by atoms with Gasteiger partial charge in [-0.3, -0.25) is 4.79 Å². The molecule has 3 rings (SSSR count). The second kappa shape index (κ2) is 7.32. The summed E-state index contributed by atoms with van der Waals surface area (Å²) in [4.78, 5) is 21.6. The summed E-state index contributed by atoms with van der Waals surface area (Å²) in [6.07, 6.45) is 1.51. The highest BCUT2D eigenvalue weighted by atomic mass is 32.1. The van der Waals surface area contributed by atoms with E-state index in [1.807, 2.05) is 43.3 Å². The molecule has 0 atom stereocenters. The molecule has 0 spiro atoms. The minimum atomic E-state index is 0.154. The van der Waals surface area contributed by atoms with Gasteiger partial charge in [0.05, 0.1) is 0 Å². The van der Waals surface area contributed by atoms with Gasteiger partial charge in [-0.25, -0.2) is 0 Å². The molecule has 3 aromatic rings. The maximum atomic E-state index is 12.5. The lowest BCUT2D eigenvalue weighted by Crippen LogP contribution is -2.02. The molecular formula is C19H20O2S. The monoisotopic (exact) mass is 312 g/mol. The van der Waals surface area contributed by atoms with E-state index in [1.165, 1.54) is 5.56 Å². The molecule has 1 aromatic heterocycles. The Morgan fingerprint density at radius 3 is 2.32 bits per heavy atom. The predicted octanol–water partition coefficient (Wildman–Crippen LogP) is 5.13. The Balaban J connectivity index is 0.000000396. The number of carbonyl (C=O) groups excluding carboxylic acids is 1. The molecule has 0 unspecified atom stereocenters. The molecule has 2 aromatic carbocycles. The van der Waals surface area contributed by atoms with E-state index in [4.69, 9.17) is 0 Å². The minimum Gasteiger partial charge on any atom is -0.303 e. The van der Waals surface area contributed by atoms with Crippen molar-refractivity contribution in [2.45, 2.75) is 33.1 Å². The van der Waals surface area contributed by atoms with Crippen LogP contribution < -0.4 is 5.43 Å². The standard InChI is InChI=1S/C16H14OS.C3H6O/c1-10(2)11-7-5-8-13-15(17)12-6-3-4-9-14(12)18-16(11)13;1-2-3-4/h3-10H,1-2H3;3H,2H2,1H3. The number of hydrogen-bond acceptors (Lipinski definition) is 3. The van der Waals surface area contributed by atoms with Crippen LogP contribution in [0.25, 0.3) is 20.2 Å². The third kappa shape index (κ3) is 3.25. The van der Waals surface area contributed by atoms with E-state index in [9.17, 15) is 9.59 Å². The molecule has 2 nitrogen and oxygen atoms in total. The van der Waals surface area contributed by atoms with E-state index < -0.39 is 0 Å². The number of carbonyl (C=O) groups is 1. The minimum absolute atomic E-state index is 0.154. The van der Waals surface area contributed by atoms with Crippen molar-refractivity contribution in [1.29, 1.82) is 0 Å². The van der Waals surface area contributed by atoms with Crippen molar-refractivity contribution in [1.82, 2.24) is 0 Å². The van der Waals surface area contributed by atoms with Crippen LogP contribution >= 0.6 is 11.3 Å². The maximum absolute atomic E-state index is 12.5. The lowest BCUT2D eigenvalue weighted by molar-refractivity contribution is -0.107. The summed E-state index contributed by atoms with van der Waals surface area (Å²) < 4.78 is 2.21. The molecule has 114 valence electrons. The highest BCUT2D eigenvalue weighted by Crippen LogP contribution is 2.30. The van der Waals surface area contributed by atoms with Gasteiger partial charge in [0.15, 0.2) is 5.43 Å². The highest BCUT2D eigenvalue weighted by Gasteiger charge is 2.10. The summed E-state index contributed by atoms with van der Waals surface area (Å²) in [5, 5.41) is 1.68. The molecule has 0 saturated carbocycles. The Bertz CT molecular complexity index is 847. The summed E-state index contributed by atoms with van der Waals surface area (Å²) in [7, 11) is 0. The molecule has 0 aliphatic rings. The number of fused-ring (bicyclic) bond motifs is 2. The molecular weight excluding hydrogens is 292 g/mol. The third-order valence-corrected chi connectivity index (χ3v) is 4.66. The Kier molecular flexibility index (Phi) is 5.45. The molecule has 0 bridgehead atoms. The van der Waals surface area contributed by atoms with Crippen LogP contribution in [0.3, 0.4) is 0 Å². The quantitative estimate of drug-likeness (QED) is 0.485. The van der Waals surface area contributed by atoms with Crippen LogP contribution in [-0.2, 0) is 4.79 Å². The largest absolute Gasteiger partial charge is 0.303 e. The number of hydrogen-bond donors (Lipinski definition) is 0. The van der Waals surface area contributed by atoms with Crippen LogP contribution in [0.5, 0.6) is 0 Å². The highest BCUT2D eigenvalue weighted by molar-refractivity contribution is 7.24. The van der Waals surface area contributed by atoms with Crippen molar-refractivity contribution >= 4 is 37.8 Å². The SMILES string of the molecule is CC(C)c1cccc2c(=O)c3ccccc3sc12.CCC=O. The van der Waals surface area contributed by atoms with Gasteiger partial charge < -0.3 is 4.79 Å². The Hall–Kier alpha value is -2.00. The number of benzene rings is 2. The van der Waals surface area contributed by atoms with E-state index in [0.29, 0.717) is 12.3 Å². The smallest absolute Gasteiger partial charge is 0.195 e. The van der Waals surface area contributed by atoms with Gasteiger partial charge in [0.2, 0.25) is 0 Å². The average Bonchev–Trinajstić information content (AvgIpc) is 2.55. The summed E-state index contributed by atoms with van der Waals surface area (Å²) >= 11 is 1.72. The van der Waals surface area contributed by atoms with Crippen molar-refractivity contribution in [2.24, 2.45) is 0 Å². The van der Waals surface area contributed by atoms with Crippen molar-refractivity contribution < 1.29 is 4.79 Å². The van der Waals surface area contributed by atoms with Gasteiger partial charge in [0.1, 0.15) is 6.29 Å². The van der Waals surface area contributed by atoms with Crippen LogP contribution in [0, 0.1) is 0 Å². The Morgan fingerprint density at radius 1 is 1.05 bits per heavy atom. The molecule has 0 amide bonds. The van der Waals surface area contributed by atoms with Gasteiger partial charge in [-0.15, -0.1) is 11.3 Å². The molecule has 3 heteroatoms. The van der Waals surface area contributed by atoms with Crippen LogP contribution in [0.1, 0.15) is 38.7 Å². The molecule has 22 heavy (non-hydrogen) atoms. The van der Waals surface area contributed by atoms with Crippen molar-refractivity contribution in [3.8, 4) is 0 Å². The van der Waals surface area contributed by atoms with Gasteiger partial charge in [0.25, 0.3) is 0 Å². The van der Waals surface area contributed by atoms with E-state index in [1.54, 1.807) is 11.3 Å². The first kappa shape index (κ1) is 16.4. The first-order valence-electron chi connectivity index (χ1n) is 7.48. The summed E-state index contributed by atoms with van der Waals surface area (Å²) in [6.45, 7) is 6.15. The maximum Gasteiger partial charge on any atom is 0.195 e. The van der Waals surface area contributed by atoms with Gasteiger partial charge in [-0.05, 0) is 29.7 Å². The lowest BCUT2D eigenvalue weighted by atomic mass is 10.0. The zero-order chi connectivity index (χ0) is 16.1. The summed E-state index contributed by atoms with van der Waals surface area (Å²) in [5.74, 6) is 0.436. The van der Waals surface area contributed by atoms with Gasteiger partial charge in [-0.2, -0.15) is 0 Å². The molecule has 0 aliphatic carbocycles. The van der Waals surface area contributed by atoms with Crippen LogP contribution in [0.4, 0.5) is 0 Å². The second-order valence-corrected chi connectivity index (χ2v) is 6.43. The third-order valence-electron chi connectivity index (χ3n) is 3.42. The van der Waals surface area contributed by atoms with Crippen LogP contribution in [-0.4, -0.2) is 6.29 Å². The van der Waals surface area contributed by atoms with Gasteiger partial charge >= 0.3 is 0 Å². The normalized spacial score (nSPS) is 10.5. The van der Waals surface area contributed by atoms with Crippen LogP contribution in [0.15, 0.2) is 47.3 Å². The van der Waals surface area contributed by atoms with E-state index in [-0.39, 0.29) is 5.43 Å². The molecule has 0 aliphatic heterocycles. The molecule has 0 radical (unpaired) electrons. The Labute approximate surface area is 134 Å². The molecule has 1 heterocycles. The van der Waals surface area contributed by atoms with Gasteiger partial charge in [-0.1, -0.05) is 45.0 Å². The van der Waals surface area contributed by atoms with Crippen molar-refractivity contribution in [2.75, 3.05) is 0 Å². The van der Waals surface area contributed by atoms with Crippen LogP contribution in [0.2, 0.25) is 0 Å². The first-order chi connectivity index (χ1) is 10.6. The van der Waals surface area contributed by atoms with Crippen molar-refractivity contribution in [3.05, 3.63) is 58.3 Å². The number of aldehydes is 1. The average molecular weight is 312 g/mol. The lowest BCUT2D eigenvalue weighted by Gasteiger charge is -2.09. The molecule has 0 fully saturated rings. The van der Waals surface area contributed by atoms with Gasteiger partial charge in [0, 0.05) is 26.6 Å². The second-order valence-electron chi connectivity index (χ2n) is 5.38. The summed E-state index contributed by atoms with van der Waals surface area (Å²) in [6, 6.07) is 13.9. The van der Waals surface area contributed by atoms with Crippen molar-refractivity contribution in [3.63, 3.8) is 0 Å². The fraction of sp³-hybridized carbons (Fsp3) is 0.263.